The average Bonchev–Trinajstić information content (AvgIpc) is 3.32. The van der Waals surface area contributed by atoms with Gasteiger partial charge in [0.1, 0.15) is 5.75 Å². The molecule has 0 fully saturated rings. The number of nitrogens with zero attached hydrogens (tertiary/aromatic N) is 1. The zero-order chi connectivity index (χ0) is 18.1. The normalized spacial score (nSPS) is 16.6. The average molecular weight is 391 g/mol. The Hall–Kier alpha value is -2.25. The summed E-state index contributed by atoms with van der Waals surface area (Å²) in [5.74, 6) is -0.0611. The summed E-state index contributed by atoms with van der Waals surface area (Å²) < 4.78 is 28.9. The third-order valence-electron chi connectivity index (χ3n) is 4.37. The van der Waals surface area contributed by atoms with Crippen LogP contribution in [0.3, 0.4) is 0 Å². The number of ether oxygens (including phenoxy) is 1. The van der Waals surface area contributed by atoms with Crippen molar-refractivity contribution in [3.63, 3.8) is 0 Å². The molecule has 1 amide bonds. The molecule has 1 atom stereocenters. The number of thiophene rings is 2. The summed E-state index contributed by atoms with van der Waals surface area (Å²) in [7, 11) is 0. The topological polar surface area (TPSA) is 29.5 Å². The van der Waals surface area contributed by atoms with Crippen molar-refractivity contribution in [1.82, 2.24) is 4.90 Å². The van der Waals surface area contributed by atoms with E-state index >= 15 is 0 Å². The molecule has 1 aliphatic heterocycles. The van der Waals surface area contributed by atoms with Gasteiger partial charge in [-0.15, -0.1) is 22.7 Å². The molecule has 26 heavy (non-hydrogen) atoms. The summed E-state index contributed by atoms with van der Waals surface area (Å²) in [6, 6.07) is 11.9. The van der Waals surface area contributed by atoms with Crippen molar-refractivity contribution in [1.29, 1.82) is 0 Å². The van der Waals surface area contributed by atoms with Crippen molar-refractivity contribution in [3.05, 3.63) is 74.1 Å². The fraction of sp³-hybridized carbons (Fsp3) is 0.211. The minimum absolute atomic E-state index is 0.0464. The molecule has 2 aromatic heterocycles. The van der Waals surface area contributed by atoms with Crippen LogP contribution in [0.4, 0.5) is 8.78 Å². The number of carbonyl (C=O) groups is 1. The number of halogens is 2. The lowest BCUT2D eigenvalue weighted by Crippen LogP contribution is -2.39. The molecular weight excluding hydrogens is 376 g/mol. The summed E-state index contributed by atoms with van der Waals surface area (Å²) in [5.41, 5.74) is 1.64. The number of fused-ring (bicyclic) bond motifs is 1. The fourth-order valence-electron chi connectivity index (χ4n) is 3.23. The second kappa shape index (κ2) is 7.17. The zero-order valence-corrected chi connectivity index (χ0v) is 15.2. The molecule has 3 aromatic rings. The summed E-state index contributed by atoms with van der Waals surface area (Å²) >= 11 is 3.35. The van der Waals surface area contributed by atoms with Gasteiger partial charge >= 0.3 is 6.61 Å². The van der Waals surface area contributed by atoms with Crippen LogP contribution in [0.15, 0.2) is 53.2 Å². The molecule has 134 valence electrons. The van der Waals surface area contributed by atoms with Gasteiger partial charge in [0, 0.05) is 21.9 Å². The highest BCUT2D eigenvalue weighted by Gasteiger charge is 2.33. The first kappa shape index (κ1) is 17.2. The van der Waals surface area contributed by atoms with Crippen LogP contribution in [0, 0.1) is 0 Å². The molecule has 3 nitrogen and oxygen atoms in total. The Bertz CT molecular complexity index is 891. The van der Waals surface area contributed by atoms with E-state index in [-0.39, 0.29) is 17.7 Å². The standard InChI is InChI=1S/C19H15F2NO2S2/c20-19(21)24-13-5-3-12(4-6-13)18(23)22-9-7-15-14(8-11-26-15)17(22)16-2-1-10-25-16/h1-6,8,10-11,17,19H,7,9H2/t17-/m0/s1. The zero-order valence-electron chi connectivity index (χ0n) is 13.6. The maximum Gasteiger partial charge on any atom is 0.387 e. The van der Waals surface area contributed by atoms with Crippen LogP contribution in [-0.2, 0) is 6.42 Å². The van der Waals surface area contributed by atoms with E-state index in [1.165, 1.54) is 34.7 Å². The molecule has 3 heterocycles. The van der Waals surface area contributed by atoms with Crippen LogP contribution in [0.5, 0.6) is 5.75 Å². The van der Waals surface area contributed by atoms with E-state index in [1.807, 2.05) is 22.4 Å². The maximum absolute atomic E-state index is 13.1. The quantitative estimate of drug-likeness (QED) is 0.612. The Morgan fingerprint density at radius 1 is 1.12 bits per heavy atom. The molecule has 4 rings (SSSR count). The maximum atomic E-state index is 13.1. The van der Waals surface area contributed by atoms with Crippen molar-refractivity contribution >= 4 is 28.6 Å². The van der Waals surface area contributed by atoms with E-state index in [9.17, 15) is 13.6 Å². The van der Waals surface area contributed by atoms with E-state index in [1.54, 1.807) is 22.7 Å². The van der Waals surface area contributed by atoms with Crippen molar-refractivity contribution < 1.29 is 18.3 Å². The second-order valence-corrected chi connectivity index (χ2v) is 7.85. The number of rotatable bonds is 4. The van der Waals surface area contributed by atoms with Crippen molar-refractivity contribution in [2.45, 2.75) is 19.1 Å². The van der Waals surface area contributed by atoms with Gasteiger partial charge in [0.25, 0.3) is 5.91 Å². The largest absolute Gasteiger partial charge is 0.435 e. The van der Waals surface area contributed by atoms with Crippen molar-refractivity contribution in [3.8, 4) is 5.75 Å². The molecule has 0 N–H and O–H groups in total. The molecule has 0 spiro atoms. The van der Waals surface area contributed by atoms with Gasteiger partial charge < -0.3 is 9.64 Å². The van der Waals surface area contributed by atoms with Gasteiger partial charge in [-0.1, -0.05) is 6.07 Å². The summed E-state index contributed by atoms with van der Waals surface area (Å²) in [4.78, 5) is 17.4. The lowest BCUT2D eigenvalue weighted by atomic mass is 9.97. The summed E-state index contributed by atoms with van der Waals surface area (Å²) in [5, 5.41) is 4.07. The molecule has 1 aliphatic rings. The van der Waals surface area contributed by atoms with E-state index in [4.69, 9.17) is 0 Å². The summed E-state index contributed by atoms with van der Waals surface area (Å²) in [6.45, 7) is -2.25. The Morgan fingerprint density at radius 3 is 2.62 bits per heavy atom. The lowest BCUT2D eigenvalue weighted by molar-refractivity contribution is -0.0498. The SMILES string of the molecule is O=C(c1ccc(OC(F)F)cc1)N1CCc2sccc2[C@H]1c1cccs1. The Kier molecular flexibility index (Phi) is 4.74. The molecule has 0 saturated carbocycles. The lowest BCUT2D eigenvalue weighted by Gasteiger charge is -2.35. The first-order chi connectivity index (χ1) is 12.6. The molecule has 0 saturated heterocycles. The summed E-state index contributed by atoms with van der Waals surface area (Å²) in [6.07, 6.45) is 0.827. The molecule has 0 aliphatic carbocycles. The highest BCUT2D eigenvalue weighted by atomic mass is 32.1. The van der Waals surface area contributed by atoms with E-state index in [0.29, 0.717) is 12.1 Å². The van der Waals surface area contributed by atoms with Gasteiger partial charge in [0.05, 0.1) is 6.04 Å². The number of carbonyl (C=O) groups excluding carboxylic acids is 1. The first-order valence-corrected chi connectivity index (χ1v) is 9.85. The van der Waals surface area contributed by atoms with Gasteiger partial charge in [0.2, 0.25) is 0 Å². The van der Waals surface area contributed by atoms with E-state index in [2.05, 4.69) is 16.2 Å². The number of amides is 1. The highest BCUT2D eigenvalue weighted by molar-refractivity contribution is 7.10. The smallest absolute Gasteiger partial charge is 0.387 e. The molecular formula is C19H15F2NO2S2. The molecule has 7 heteroatoms. The number of hydrogen-bond acceptors (Lipinski definition) is 4. The van der Waals surface area contributed by atoms with Crippen LogP contribution in [0.1, 0.15) is 31.7 Å². The van der Waals surface area contributed by atoms with E-state index < -0.39 is 6.61 Å². The number of hydrogen-bond donors (Lipinski definition) is 0. The minimum atomic E-state index is -2.88. The predicted molar refractivity (Wildman–Crippen MR) is 98.3 cm³/mol. The third kappa shape index (κ3) is 3.24. The van der Waals surface area contributed by atoms with Crippen LogP contribution >= 0.6 is 22.7 Å². The molecule has 0 unspecified atom stereocenters. The highest BCUT2D eigenvalue weighted by Crippen LogP contribution is 2.40. The first-order valence-electron chi connectivity index (χ1n) is 8.09. The Balaban J connectivity index is 1.64. The van der Waals surface area contributed by atoms with Gasteiger partial charge in [0.15, 0.2) is 0 Å². The van der Waals surface area contributed by atoms with Crippen LogP contribution in [-0.4, -0.2) is 24.0 Å². The Labute approximate surface area is 157 Å². The number of alkyl halides is 2. The van der Waals surface area contributed by atoms with Crippen molar-refractivity contribution in [2.75, 3.05) is 6.54 Å². The van der Waals surface area contributed by atoms with Crippen LogP contribution < -0.4 is 4.74 Å². The molecule has 1 aromatic carbocycles. The van der Waals surface area contributed by atoms with Gasteiger partial charge in [-0.2, -0.15) is 8.78 Å². The molecule has 0 radical (unpaired) electrons. The van der Waals surface area contributed by atoms with Crippen molar-refractivity contribution in [2.24, 2.45) is 0 Å². The fourth-order valence-corrected chi connectivity index (χ4v) is 4.99. The second-order valence-electron chi connectivity index (χ2n) is 5.87. The van der Waals surface area contributed by atoms with Crippen LogP contribution in [0.2, 0.25) is 0 Å². The van der Waals surface area contributed by atoms with Gasteiger partial charge in [-0.3, -0.25) is 4.79 Å². The van der Waals surface area contributed by atoms with Gasteiger partial charge in [-0.25, -0.2) is 0 Å². The monoisotopic (exact) mass is 391 g/mol. The predicted octanol–water partition coefficient (Wildman–Crippen LogP) is 5.20. The van der Waals surface area contributed by atoms with Crippen LogP contribution in [0.25, 0.3) is 0 Å². The molecule has 0 bridgehead atoms. The Morgan fingerprint density at radius 2 is 1.92 bits per heavy atom. The number of benzene rings is 1. The van der Waals surface area contributed by atoms with E-state index in [0.717, 1.165) is 11.3 Å². The third-order valence-corrected chi connectivity index (χ3v) is 6.29. The van der Waals surface area contributed by atoms with Gasteiger partial charge in [-0.05, 0) is 59.1 Å². The minimum Gasteiger partial charge on any atom is -0.435 e.